The summed E-state index contributed by atoms with van der Waals surface area (Å²) in [6, 6.07) is 5.02. The Hall–Kier alpha value is -1.25. The number of ether oxygens (including phenoxy) is 2. The Morgan fingerprint density at radius 2 is 2.07 bits per heavy atom. The molecule has 1 aromatic carbocycles. The number of rotatable bonds is 1. The molecule has 4 nitrogen and oxygen atoms in total. The van der Waals surface area contributed by atoms with Gasteiger partial charge in [0, 0.05) is 10.0 Å². The maximum Gasteiger partial charge on any atom is 0.231 e. The molecule has 0 aliphatic carbocycles. The van der Waals surface area contributed by atoms with E-state index in [2.05, 4.69) is 15.9 Å². The van der Waals surface area contributed by atoms with Crippen LogP contribution in [0, 0.1) is 11.3 Å². The lowest BCUT2D eigenvalue weighted by atomic mass is 10.1. The van der Waals surface area contributed by atoms with Crippen molar-refractivity contribution in [2.75, 3.05) is 6.79 Å². The molecule has 1 aromatic rings. The molecule has 1 heterocycles. The number of benzene rings is 1. The molecule has 0 aromatic heterocycles. The molecule has 14 heavy (non-hydrogen) atoms. The van der Waals surface area contributed by atoms with Crippen LogP contribution in [0.1, 0.15) is 11.7 Å². The minimum Gasteiger partial charge on any atom is -0.454 e. The highest BCUT2D eigenvalue weighted by Gasteiger charge is 2.19. The average Bonchev–Trinajstić information content (AvgIpc) is 2.62. The number of hydrogen-bond acceptors (Lipinski definition) is 4. The van der Waals surface area contributed by atoms with Crippen LogP contribution in [-0.4, -0.2) is 11.9 Å². The highest BCUT2D eigenvalue weighted by Crippen LogP contribution is 2.38. The second kappa shape index (κ2) is 3.48. The fourth-order valence-electron chi connectivity index (χ4n) is 1.21. The minimum absolute atomic E-state index is 0.174. The zero-order chi connectivity index (χ0) is 10.1. The normalized spacial score (nSPS) is 14.9. The van der Waals surface area contributed by atoms with E-state index in [-0.39, 0.29) is 6.79 Å². The van der Waals surface area contributed by atoms with Crippen molar-refractivity contribution < 1.29 is 14.6 Å². The smallest absolute Gasteiger partial charge is 0.231 e. The van der Waals surface area contributed by atoms with Crippen LogP contribution in [-0.2, 0) is 0 Å². The van der Waals surface area contributed by atoms with Gasteiger partial charge in [0.05, 0.1) is 6.07 Å². The van der Waals surface area contributed by atoms with Gasteiger partial charge in [-0.2, -0.15) is 5.26 Å². The Labute approximate surface area is 88.8 Å². The van der Waals surface area contributed by atoms with Gasteiger partial charge in [0.1, 0.15) is 0 Å². The van der Waals surface area contributed by atoms with Gasteiger partial charge in [-0.1, -0.05) is 15.9 Å². The van der Waals surface area contributed by atoms with E-state index in [9.17, 15) is 5.11 Å². The van der Waals surface area contributed by atoms with Gasteiger partial charge in [-0.25, -0.2) is 0 Å². The van der Waals surface area contributed by atoms with Crippen LogP contribution in [0.4, 0.5) is 0 Å². The molecule has 0 saturated heterocycles. The first-order valence-electron chi connectivity index (χ1n) is 3.89. The third kappa shape index (κ3) is 1.43. The summed E-state index contributed by atoms with van der Waals surface area (Å²) in [5.74, 6) is 1.17. The third-order valence-corrected chi connectivity index (χ3v) is 2.60. The van der Waals surface area contributed by atoms with Gasteiger partial charge in [-0.15, -0.1) is 0 Å². The number of aliphatic hydroxyl groups excluding tert-OH is 1. The van der Waals surface area contributed by atoms with E-state index >= 15 is 0 Å². The van der Waals surface area contributed by atoms with Crippen molar-refractivity contribution in [3.8, 4) is 17.6 Å². The van der Waals surface area contributed by atoms with Gasteiger partial charge < -0.3 is 14.6 Å². The highest BCUT2D eigenvalue weighted by atomic mass is 79.9. The van der Waals surface area contributed by atoms with Gasteiger partial charge in [0.25, 0.3) is 0 Å². The molecule has 1 aliphatic heterocycles. The topological polar surface area (TPSA) is 62.5 Å². The summed E-state index contributed by atoms with van der Waals surface area (Å²) in [5.41, 5.74) is 0.483. The van der Waals surface area contributed by atoms with E-state index in [4.69, 9.17) is 14.7 Å². The van der Waals surface area contributed by atoms with Crippen LogP contribution >= 0.6 is 15.9 Å². The van der Waals surface area contributed by atoms with Crippen molar-refractivity contribution in [2.24, 2.45) is 0 Å². The Bertz CT molecular complexity index is 413. The number of fused-ring (bicyclic) bond motifs is 1. The summed E-state index contributed by atoms with van der Waals surface area (Å²) >= 11 is 3.24. The third-order valence-electron chi connectivity index (χ3n) is 1.91. The predicted octanol–water partition coefficient (Wildman–Crippen LogP) is 1.73. The maximum absolute atomic E-state index is 9.35. The number of aliphatic hydroxyl groups is 1. The van der Waals surface area contributed by atoms with E-state index in [1.54, 1.807) is 18.2 Å². The van der Waals surface area contributed by atoms with Crippen LogP contribution in [0.15, 0.2) is 16.6 Å². The largest absolute Gasteiger partial charge is 0.454 e. The van der Waals surface area contributed by atoms with Crippen molar-refractivity contribution in [1.82, 2.24) is 0 Å². The first-order valence-corrected chi connectivity index (χ1v) is 4.68. The lowest BCUT2D eigenvalue weighted by Gasteiger charge is -2.06. The molecular weight excluding hydrogens is 250 g/mol. The molecule has 1 atom stereocenters. The van der Waals surface area contributed by atoms with Crippen molar-refractivity contribution in [3.63, 3.8) is 0 Å². The Kier molecular flexibility index (Phi) is 2.32. The quantitative estimate of drug-likeness (QED) is 0.777. The molecule has 0 amide bonds. The van der Waals surface area contributed by atoms with Crippen molar-refractivity contribution in [3.05, 3.63) is 22.2 Å². The summed E-state index contributed by atoms with van der Waals surface area (Å²) in [7, 11) is 0. The summed E-state index contributed by atoms with van der Waals surface area (Å²) in [6.45, 7) is 0.174. The van der Waals surface area contributed by atoms with Gasteiger partial charge in [-0.05, 0) is 12.1 Å². The number of nitriles is 1. The zero-order valence-electron chi connectivity index (χ0n) is 7.03. The highest BCUT2D eigenvalue weighted by molar-refractivity contribution is 9.10. The fraction of sp³-hybridized carbons (Fsp3) is 0.222. The molecule has 0 saturated carbocycles. The van der Waals surface area contributed by atoms with E-state index in [1.165, 1.54) is 0 Å². The Morgan fingerprint density at radius 3 is 2.71 bits per heavy atom. The monoisotopic (exact) mass is 255 g/mol. The second-order valence-electron chi connectivity index (χ2n) is 2.76. The fourth-order valence-corrected chi connectivity index (χ4v) is 1.75. The SMILES string of the molecule is N#C[C@@H](O)c1cc2c(cc1Br)OCO2. The Balaban J connectivity index is 2.48. The second-order valence-corrected chi connectivity index (χ2v) is 3.61. The van der Waals surface area contributed by atoms with Gasteiger partial charge in [-0.3, -0.25) is 0 Å². The first-order chi connectivity index (χ1) is 6.72. The molecule has 2 rings (SSSR count). The zero-order valence-corrected chi connectivity index (χ0v) is 8.61. The molecule has 1 aliphatic rings. The Morgan fingerprint density at radius 1 is 1.43 bits per heavy atom. The summed E-state index contributed by atoms with van der Waals surface area (Å²) < 4.78 is 10.9. The van der Waals surface area contributed by atoms with E-state index in [0.29, 0.717) is 21.5 Å². The average molecular weight is 256 g/mol. The molecular formula is C9H6BrNO3. The maximum atomic E-state index is 9.35. The summed E-state index contributed by atoms with van der Waals surface area (Å²) in [5, 5.41) is 17.9. The minimum atomic E-state index is -1.15. The van der Waals surface area contributed by atoms with E-state index in [0.717, 1.165) is 0 Å². The molecule has 0 bridgehead atoms. The molecule has 0 spiro atoms. The van der Waals surface area contributed by atoms with E-state index in [1.807, 2.05) is 0 Å². The molecule has 5 heteroatoms. The summed E-state index contributed by atoms with van der Waals surface area (Å²) in [4.78, 5) is 0. The first kappa shape index (κ1) is 9.31. The molecule has 0 fully saturated rings. The number of halogens is 1. The van der Waals surface area contributed by atoms with Crippen molar-refractivity contribution >= 4 is 15.9 Å². The molecule has 72 valence electrons. The lowest BCUT2D eigenvalue weighted by Crippen LogP contribution is -1.95. The van der Waals surface area contributed by atoms with Crippen LogP contribution in [0.25, 0.3) is 0 Å². The predicted molar refractivity (Wildman–Crippen MR) is 50.8 cm³/mol. The van der Waals surface area contributed by atoms with Crippen molar-refractivity contribution in [2.45, 2.75) is 6.10 Å². The standard InChI is InChI=1S/C9H6BrNO3/c10-6-2-9-8(13-4-14-9)1-5(6)7(12)3-11/h1-2,7,12H,4H2/t7-/m1/s1. The molecule has 0 radical (unpaired) electrons. The van der Waals surface area contributed by atoms with Crippen LogP contribution < -0.4 is 9.47 Å². The lowest BCUT2D eigenvalue weighted by molar-refractivity contribution is 0.173. The van der Waals surface area contributed by atoms with Crippen LogP contribution in [0.5, 0.6) is 11.5 Å². The van der Waals surface area contributed by atoms with Crippen LogP contribution in [0.2, 0.25) is 0 Å². The molecule has 1 N–H and O–H groups in total. The van der Waals surface area contributed by atoms with Gasteiger partial charge in [0.15, 0.2) is 17.6 Å². The van der Waals surface area contributed by atoms with Gasteiger partial charge >= 0.3 is 0 Å². The molecule has 0 unspecified atom stereocenters. The van der Waals surface area contributed by atoms with Crippen LogP contribution in [0.3, 0.4) is 0 Å². The van der Waals surface area contributed by atoms with E-state index < -0.39 is 6.10 Å². The summed E-state index contributed by atoms with van der Waals surface area (Å²) in [6.07, 6.45) is -1.15. The van der Waals surface area contributed by atoms with Crippen molar-refractivity contribution in [1.29, 1.82) is 5.26 Å². The number of nitrogens with zero attached hydrogens (tertiary/aromatic N) is 1. The van der Waals surface area contributed by atoms with Gasteiger partial charge in [0.2, 0.25) is 6.79 Å². The number of hydrogen-bond donors (Lipinski definition) is 1.